The van der Waals surface area contributed by atoms with Crippen LogP contribution in [0.4, 0.5) is 13.2 Å². The molecule has 150 valence electrons. The second kappa shape index (κ2) is 7.67. The number of alkyl halides is 3. The first-order chi connectivity index (χ1) is 14.4. The molecule has 0 saturated heterocycles. The zero-order valence-electron chi connectivity index (χ0n) is 16.1. The summed E-state index contributed by atoms with van der Waals surface area (Å²) >= 11 is 0. The van der Waals surface area contributed by atoms with Crippen molar-refractivity contribution in [2.24, 2.45) is 0 Å². The van der Waals surface area contributed by atoms with Crippen molar-refractivity contribution in [3.8, 4) is 16.9 Å². The molecule has 0 saturated carbocycles. The molecule has 0 spiro atoms. The van der Waals surface area contributed by atoms with Crippen LogP contribution in [0.1, 0.15) is 12.5 Å². The van der Waals surface area contributed by atoms with Gasteiger partial charge in [-0.05, 0) is 36.8 Å². The van der Waals surface area contributed by atoms with Gasteiger partial charge in [-0.1, -0.05) is 66.7 Å². The van der Waals surface area contributed by atoms with Crippen LogP contribution in [-0.2, 0) is 4.79 Å². The summed E-state index contributed by atoms with van der Waals surface area (Å²) in [6.45, 7) is 0.942. The minimum absolute atomic E-state index is 0.364. The molecule has 4 rings (SSSR count). The van der Waals surface area contributed by atoms with Gasteiger partial charge in [0.05, 0.1) is 16.8 Å². The second-order valence-electron chi connectivity index (χ2n) is 6.93. The normalized spacial score (nSPS) is 12.3. The Bertz CT molecular complexity index is 1240. The predicted molar refractivity (Wildman–Crippen MR) is 113 cm³/mol. The van der Waals surface area contributed by atoms with Gasteiger partial charge in [0.15, 0.2) is 5.78 Å². The van der Waals surface area contributed by atoms with Crippen molar-refractivity contribution >= 4 is 22.8 Å². The van der Waals surface area contributed by atoms with Gasteiger partial charge >= 0.3 is 6.18 Å². The molecule has 0 atom stereocenters. The molecule has 0 bridgehead atoms. The van der Waals surface area contributed by atoms with Gasteiger partial charge in [0.2, 0.25) is 0 Å². The zero-order valence-corrected chi connectivity index (χ0v) is 16.1. The molecule has 2 nitrogen and oxygen atoms in total. The molecular weight excluding hydrogens is 387 g/mol. The van der Waals surface area contributed by atoms with E-state index in [9.17, 15) is 18.0 Å². The van der Waals surface area contributed by atoms with Crippen LogP contribution in [-0.4, -0.2) is 16.5 Å². The van der Waals surface area contributed by atoms with E-state index in [2.05, 4.69) is 0 Å². The second-order valence-corrected chi connectivity index (χ2v) is 6.93. The Hall–Kier alpha value is -3.60. The van der Waals surface area contributed by atoms with Crippen molar-refractivity contribution in [3.05, 3.63) is 96.1 Å². The summed E-state index contributed by atoms with van der Waals surface area (Å²) in [6, 6.07) is 26.0. The molecule has 5 heteroatoms. The van der Waals surface area contributed by atoms with Gasteiger partial charge < -0.3 is 4.57 Å². The number of allylic oxidation sites excluding steroid dienone is 1. The fraction of sp³-hybridized carbons (Fsp3) is 0.0800. The van der Waals surface area contributed by atoms with Crippen LogP contribution in [0.3, 0.4) is 0 Å². The van der Waals surface area contributed by atoms with Crippen LogP contribution >= 0.6 is 0 Å². The van der Waals surface area contributed by atoms with Crippen molar-refractivity contribution in [2.45, 2.75) is 13.1 Å². The maximum Gasteiger partial charge on any atom is 0.419 e. The first kappa shape index (κ1) is 19.7. The van der Waals surface area contributed by atoms with Crippen LogP contribution in [0.2, 0.25) is 0 Å². The molecule has 1 aromatic heterocycles. The molecule has 3 aromatic carbocycles. The quantitative estimate of drug-likeness (QED) is 0.341. The van der Waals surface area contributed by atoms with E-state index in [1.165, 1.54) is 0 Å². The zero-order chi connectivity index (χ0) is 21.3. The first-order valence-electron chi connectivity index (χ1n) is 9.42. The Morgan fingerprint density at radius 2 is 1.40 bits per heavy atom. The lowest BCUT2D eigenvalue weighted by Crippen LogP contribution is -2.17. The number of carbonyl (C=O) groups excluding carboxylic acids is 1. The van der Waals surface area contributed by atoms with Gasteiger partial charge in [0.25, 0.3) is 0 Å². The van der Waals surface area contributed by atoms with Crippen LogP contribution in [0, 0.1) is 0 Å². The third-order valence-corrected chi connectivity index (χ3v) is 4.95. The summed E-state index contributed by atoms with van der Waals surface area (Å²) in [5, 5.41) is 0.642. The fourth-order valence-corrected chi connectivity index (χ4v) is 3.66. The average molecular weight is 405 g/mol. The molecule has 4 aromatic rings. The van der Waals surface area contributed by atoms with E-state index < -0.39 is 17.5 Å². The molecule has 30 heavy (non-hydrogen) atoms. The number of benzene rings is 3. The van der Waals surface area contributed by atoms with Gasteiger partial charge in [-0.2, -0.15) is 13.2 Å². The van der Waals surface area contributed by atoms with E-state index in [4.69, 9.17) is 0 Å². The summed E-state index contributed by atoms with van der Waals surface area (Å²) in [7, 11) is 0. The van der Waals surface area contributed by atoms with Crippen LogP contribution in [0.15, 0.2) is 90.5 Å². The molecule has 0 unspecified atom stereocenters. The highest BCUT2D eigenvalue weighted by atomic mass is 19.4. The van der Waals surface area contributed by atoms with Gasteiger partial charge in [-0.25, -0.2) is 0 Å². The van der Waals surface area contributed by atoms with Crippen LogP contribution in [0.25, 0.3) is 33.9 Å². The van der Waals surface area contributed by atoms with Gasteiger partial charge in [-0.3, -0.25) is 4.79 Å². The Morgan fingerprint density at radius 1 is 0.833 bits per heavy atom. The Kier molecular flexibility index (Phi) is 5.04. The SMILES string of the molecule is CC(=O)/C(=C/c1c(-c2ccccc2)n(-c2ccccc2)c2ccccc12)C(F)(F)F. The summed E-state index contributed by atoms with van der Waals surface area (Å²) in [5.74, 6) is -1.02. The monoisotopic (exact) mass is 405 g/mol. The molecule has 0 radical (unpaired) electrons. The van der Waals surface area contributed by atoms with E-state index in [-0.39, 0.29) is 0 Å². The van der Waals surface area contributed by atoms with Crippen LogP contribution < -0.4 is 0 Å². The van der Waals surface area contributed by atoms with Crippen molar-refractivity contribution in [2.75, 3.05) is 0 Å². The number of fused-ring (bicyclic) bond motifs is 1. The largest absolute Gasteiger partial charge is 0.419 e. The fourth-order valence-electron chi connectivity index (χ4n) is 3.66. The third kappa shape index (κ3) is 3.54. The van der Waals surface area contributed by atoms with Crippen molar-refractivity contribution in [1.82, 2.24) is 4.57 Å². The minimum Gasteiger partial charge on any atom is -0.309 e. The lowest BCUT2D eigenvalue weighted by atomic mass is 10.0. The van der Waals surface area contributed by atoms with E-state index in [0.717, 1.165) is 29.8 Å². The highest BCUT2D eigenvalue weighted by Crippen LogP contribution is 2.39. The number of aromatic nitrogens is 1. The number of Topliss-reactive ketones (excluding diaryl/α,β-unsaturated/α-hetero) is 1. The molecule has 0 amide bonds. The minimum atomic E-state index is -4.74. The summed E-state index contributed by atoms with van der Waals surface area (Å²) in [4.78, 5) is 11.9. The lowest BCUT2D eigenvalue weighted by Gasteiger charge is -2.13. The number of carbonyl (C=O) groups is 1. The van der Waals surface area contributed by atoms with Crippen molar-refractivity contribution in [1.29, 1.82) is 0 Å². The number of nitrogens with zero attached hydrogens (tertiary/aromatic N) is 1. The summed E-state index contributed by atoms with van der Waals surface area (Å²) in [5.41, 5.74) is 2.14. The number of para-hydroxylation sites is 2. The van der Waals surface area contributed by atoms with Crippen molar-refractivity contribution in [3.63, 3.8) is 0 Å². The molecule has 1 heterocycles. The van der Waals surface area contributed by atoms with Gasteiger partial charge in [0.1, 0.15) is 0 Å². The van der Waals surface area contributed by atoms with E-state index >= 15 is 0 Å². The number of hydrogen-bond donors (Lipinski definition) is 0. The standard InChI is InChI=1S/C25H18F3NO/c1-17(30)22(25(26,27)28)16-21-20-14-8-9-15-23(20)29(19-12-6-3-7-13-19)24(21)18-10-4-2-5-11-18/h2-16H,1H3/b22-16-. The van der Waals surface area contributed by atoms with Crippen molar-refractivity contribution < 1.29 is 18.0 Å². The molecule has 0 aliphatic carbocycles. The Morgan fingerprint density at radius 3 is 2.00 bits per heavy atom. The molecule has 0 aliphatic rings. The topological polar surface area (TPSA) is 22.0 Å². The molecule has 0 fully saturated rings. The van der Waals surface area contributed by atoms with E-state index in [1.807, 2.05) is 77.4 Å². The number of rotatable bonds is 4. The highest BCUT2D eigenvalue weighted by molar-refractivity contribution is 6.05. The first-order valence-corrected chi connectivity index (χ1v) is 9.42. The highest BCUT2D eigenvalue weighted by Gasteiger charge is 2.37. The van der Waals surface area contributed by atoms with E-state index in [0.29, 0.717) is 16.6 Å². The molecular formula is C25H18F3NO. The third-order valence-electron chi connectivity index (χ3n) is 4.95. The number of ketones is 1. The van der Waals surface area contributed by atoms with Gasteiger partial charge in [-0.15, -0.1) is 0 Å². The maximum atomic E-state index is 13.6. The molecule has 0 aliphatic heterocycles. The number of halogens is 3. The smallest absolute Gasteiger partial charge is 0.309 e. The predicted octanol–water partition coefficient (Wildman–Crippen LogP) is 6.83. The van der Waals surface area contributed by atoms with Crippen LogP contribution in [0.5, 0.6) is 0 Å². The lowest BCUT2D eigenvalue weighted by molar-refractivity contribution is -0.126. The molecule has 0 N–H and O–H groups in total. The maximum absolute atomic E-state index is 13.6. The Labute approximate surface area is 171 Å². The summed E-state index contributed by atoms with van der Waals surface area (Å²) < 4.78 is 42.8. The number of hydrogen-bond acceptors (Lipinski definition) is 1. The summed E-state index contributed by atoms with van der Waals surface area (Å²) in [6.07, 6.45) is -3.76. The average Bonchev–Trinajstić information content (AvgIpc) is 3.06. The Balaban J connectivity index is 2.17. The van der Waals surface area contributed by atoms with Gasteiger partial charge in [0, 0.05) is 16.6 Å². The van der Waals surface area contributed by atoms with E-state index in [1.54, 1.807) is 12.1 Å².